The van der Waals surface area contributed by atoms with Crippen molar-refractivity contribution >= 4 is 11.9 Å². The molecule has 1 aromatic carbocycles. The molecule has 1 saturated heterocycles. The highest BCUT2D eigenvalue weighted by molar-refractivity contribution is 5.93. The number of hydrogen-bond acceptors (Lipinski definition) is 6. The van der Waals surface area contributed by atoms with Crippen molar-refractivity contribution < 1.29 is 14.3 Å². The fraction of sp³-hybridized carbons (Fsp3) is 0.450. The maximum Gasteiger partial charge on any atom is 0.254 e. The minimum Gasteiger partial charge on any atom is -0.497 e. The lowest BCUT2D eigenvalue weighted by Gasteiger charge is -2.19. The SMILES string of the molecule is COc1ccc(OCCNC(=O)c2cnc(N3CCCCCC3)nc2)cc1. The van der Waals surface area contributed by atoms with E-state index in [9.17, 15) is 4.79 Å². The summed E-state index contributed by atoms with van der Waals surface area (Å²) in [4.78, 5) is 23.1. The minimum atomic E-state index is -0.198. The van der Waals surface area contributed by atoms with Gasteiger partial charge in [-0.05, 0) is 37.1 Å². The van der Waals surface area contributed by atoms with Gasteiger partial charge in [-0.3, -0.25) is 4.79 Å². The average Bonchev–Trinajstić information content (AvgIpc) is 3.01. The molecule has 144 valence electrons. The summed E-state index contributed by atoms with van der Waals surface area (Å²) in [6, 6.07) is 7.32. The van der Waals surface area contributed by atoms with Crippen molar-refractivity contribution in [2.45, 2.75) is 25.7 Å². The Morgan fingerprint density at radius 1 is 1.04 bits per heavy atom. The smallest absolute Gasteiger partial charge is 0.254 e. The number of nitrogens with zero attached hydrogens (tertiary/aromatic N) is 3. The molecule has 0 atom stereocenters. The van der Waals surface area contributed by atoms with Gasteiger partial charge in [-0.15, -0.1) is 0 Å². The van der Waals surface area contributed by atoms with Crippen LogP contribution in [0.2, 0.25) is 0 Å². The first-order chi connectivity index (χ1) is 13.3. The van der Waals surface area contributed by atoms with Crippen LogP contribution in [0, 0.1) is 0 Å². The molecule has 2 aromatic rings. The second-order valence-corrected chi connectivity index (χ2v) is 6.45. The predicted octanol–water partition coefficient (Wildman–Crippen LogP) is 2.67. The maximum absolute atomic E-state index is 12.2. The summed E-state index contributed by atoms with van der Waals surface area (Å²) in [5, 5.41) is 2.82. The number of ether oxygens (including phenoxy) is 2. The fourth-order valence-electron chi connectivity index (χ4n) is 2.98. The van der Waals surface area contributed by atoms with E-state index in [1.165, 1.54) is 25.7 Å². The number of benzene rings is 1. The lowest BCUT2D eigenvalue weighted by Crippen LogP contribution is -2.29. The molecular weight excluding hydrogens is 344 g/mol. The van der Waals surface area contributed by atoms with Gasteiger partial charge < -0.3 is 19.7 Å². The zero-order chi connectivity index (χ0) is 18.9. The molecule has 7 heteroatoms. The normalized spacial score (nSPS) is 14.3. The lowest BCUT2D eigenvalue weighted by molar-refractivity contribution is 0.0946. The highest BCUT2D eigenvalue weighted by atomic mass is 16.5. The number of carbonyl (C=O) groups excluding carboxylic acids is 1. The third kappa shape index (κ3) is 5.57. The Bertz CT molecular complexity index is 711. The van der Waals surface area contributed by atoms with Crippen LogP contribution >= 0.6 is 0 Å². The standard InChI is InChI=1S/C20H26N4O3/c1-26-17-6-8-18(9-7-17)27-13-10-21-19(25)16-14-22-20(23-15-16)24-11-4-2-3-5-12-24/h6-9,14-15H,2-5,10-13H2,1H3,(H,21,25). The largest absolute Gasteiger partial charge is 0.497 e. The number of carbonyl (C=O) groups is 1. The number of rotatable bonds is 7. The molecule has 3 rings (SSSR count). The Morgan fingerprint density at radius 3 is 2.30 bits per heavy atom. The van der Waals surface area contributed by atoms with Crippen LogP contribution in [0.1, 0.15) is 36.0 Å². The zero-order valence-electron chi connectivity index (χ0n) is 15.7. The molecule has 1 aromatic heterocycles. The summed E-state index contributed by atoms with van der Waals surface area (Å²) >= 11 is 0. The van der Waals surface area contributed by atoms with Gasteiger partial charge in [-0.2, -0.15) is 0 Å². The molecule has 0 radical (unpaired) electrons. The molecule has 0 saturated carbocycles. The van der Waals surface area contributed by atoms with Gasteiger partial charge in [0.25, 0.3) is 5.91 Å². The Balaban J connectivity index is 1.43. The van der Waals surface area contributed by atoms with E-state index in [0.29, 0.717) is 24.7 Å². The van der Waals surface area contributed by atoms with Crippen molar-refractivity contribution in [1.29, 1.82) is 0 Å². The second-order valence-electron chi connectivity index (χ2n) is 6.45. The summed E-state index contributed by atoms with van der Waals surface area (Å²) in [5.41, 5.74) is 0.456. The summed E-state index contributed by atoms with van der Waals surface area (Å²) in [7, 11) is 1.62. The summed E-state index contributed by atoms with van der Waals surface area (Å²) in [6.45, 7) is 2.74. The number of anilines is 1. The number of methoxy groups -OCH3 is 1. The monoisotopic (exact) mass is 370 g/mol. The van der Waals surface area contributed by atoms with E-state index in [4.69, 9.17) is 9.47 Å². The van der Waals surface area contributed by atoms with E-state index in [0.717, 1.165) is 24.6 Å². The summed E-state index contributed by atoms with van der Waals surface area (Å²) in [6.07, 6.45) is 8.03. The van der Waals surface area contributed by atoms with E-state index in [-0.39, 0.29) is 5.91 Å². The topological polar surface area (TPSA) is 76.6 Å². The van der Waals surface area contributed by atoms with Gasteiger partial charge in [0.05, 0.1) is 19.2 Å². The molecule has 1 aliphatic rings. The quantitative estimate of drug-likeness (QED) is 0.755. The Kier molecular flexibility index (Phi) is 6.84. The third-order valence-corrected chi connectivity index (χ3v) is 4.51. The van der Waals surface area contributed by atoms with E-state index in [1.807, 2.05) is 24.3 Å². The van der Waals surface area contributed by atoms with E-state index in [2.05, 4.69) is 20.2 Å². The van der Waals surface area contributed by atoms with E-state index < -0.39 is 0 Å². The first-order valence-electron chi connectivity index (χ1n) is 9.38. The Morgan fingerprint density at radius 2 is 1.67 bits per heavy atom. The van der Waals surface area contributed by atoms with Gasteiger partial charge in [0.1, 0.15) is 18.1 Å². The minimum absolute atomic E-state index is 0.198. The molecule has 0 aliphatic carbocycles. The maximum atomic E-state index is 12.2. The molecule has 1 aliphatic heterocycles. The van der Waals surface area contributed by atoms with Gasteiger partial charge in [-0.1, -0.05) is 12.8 Å². The molecular formula is C20H26N4O3. The van der Waals surface area contributed by atoms with Crippen molar-refractivity contribution in [3.63, 3.8) is 0 Å². The third-order valence-electron chi connectivity index (χ3n) is 4.51. The van der Waals surface area contributed by atoms with Crippen LogP contribution in [0.15, 0.2) is 36.7 Å². The van der Waals surface area contributed by atoms with Crippen molar-refractivity contribution in [2.75, 3.05) is 38.3 Å². The van der Waals surface area contributed by atoms with E-state index >= 15 is 0 Å². The molecule has 1 N–H and O–H groups in total. The van der Waals surface area contributed by atoms with Crippen molar-refractivity contribution in [2.24, 2.45) is 0 Å². The lowest BCUT2D eigenvalue weighted by atomic mass is 10.2. The number of aromatic nitrogens is 2. The highest BCUT2D eigenvalue weighted by Gasteiger charge is 2.13. The van der Waals surface area contributed by atoms with Crippen LogP contribution < -0.4 is 19.7 Å². The number of amides is 1. The highest BCUT2D eigenvalue weighted by Crippen LogP contribution is 2.17. The first kappa shape index (κ1) is 18.9. The van der Waals surface area contributed by atoms with Gasteiger partial charge in [0, 0.05) is 25.5 Å². The molecule has 1 fully saturated rings. The van der Waals surface area contributed by atoms with Crippen LogP contribution in [-0.4, -0.2) is 49.2 Å². The molecule has 2 heterocycles. The average molecular weight is 370 g/mol. The van der Waals surface area contributed by atoms with Gasteiger partial charge in [0.2, 0.25) is 5.95 Å². The van der Waals surface area contributed by atoms with Crippen LogP contribution in [0.3, 0.4) is 0 Å². The van der Waals surface area contributed by atoms with Crippen LogP contribution in [-0.2, 0) is 0 Å². The summed E-state index contributed by atoms with van der Waals surface area (Å²) in [5.74, 6) is 2.02. The number of hydrogen-bond donors (Lipinski definition) is 1. The Labute approximate surface area is 159 Å². The molecule has 0 spiro atoms. The van der Waals surface area contributed by atoms with Gasteiger partial charge >= 0.3 is 0 Å². The van der Waals surface area contributed by atoms with Crippen molar-refractivity contribution in [1.82, 2.24) is 15.3 Å². The predicted molar refractivity (Wildman–Crippen MR) is 104 cm³/mol. The van der Waals surface area contributed by atoms with Crippen molar-refractivity contribution in [3.05, 3.63) is 42.2 Å². The second kappa shape index (κ2) is 9.75. The number of nitrogens with one attached hydrogen (secondary N) is 1. The van der Waals surface area contributed by atoms with Crippen LogP contribution in [0.4, 0.5) is 5.95 Å². The van der Waals surface area contributed by atoms with E-state index in [1.54, 1.807) is 19.5 Å². The molecule has 7 nitrogen and oxygen atoms in total. The molecule has 0 unspecified atom stereocenters. The summed E-state index contributed by atoms with van der Waals surface area (Å²) < 4.78 is 10.7. The van der Waals surface area contributed by atoms with Crippen molar-refractivity contribution in [3.8, 4) is 11.5 Å². The van der Waals surface area contributed by atoms with Gasteiger partial charge in [-0.25, -0.2) is 9.97 Å². The zero-order valence-corrected chi connectivity index (χ0v) is 15.7. The molecule has 1 amide bonds. The van der Waals surface area contributed by atoms with Crippen LogP contribution in [0.5, 0.6) is 11.5 Å². The van der Waals surface area contributed by atoms with Crippen LogP contribution in [0.25, 0.3) is 0 Å². The first-order valence-corrected chi connectivity index (χ1v) is 9.38. The Hall–Kier alpha value is -2.83. The molecule has 27 heavy (non-hydrogen) atoms. The van der Waals surface area contributed by atoms with Gasteiger partial charge in [0.15, 0.2) is 0 Å². The fourth-order valence-corrected chi connectivity index (χ4v) is 2.98. The molecule has 0 bridgehead atoms.